The highest BCUT2D eigenvalue weighted by atomic mass is 16.5. The number of nitrogens with two attached hydrogens (primary N) is 1. The fraction of sp³-hybridized carbons (Fsp3) is 0.571. The number of ether oxygens (including phenoxy) is 2. The molecule has 1 aromatic rings. The largest absolute Gasteiger partial charge is 0.494 e. The Kier molecular flexibility index (Phi) is 9.56. The van der Waals surface area contributed by atoms with E-state index < -0.39 is 0 Å². The molecule has 2 aliphatic heterocycles. The Bertz CT molecular complexity index is 677. The summed E-state index contributed by atoms with van der Waals surface area (Å²) in [5, 5.41) is 6.89. The molecule has 2 amide bonds. The van der Waals surface area contributed by atoms with Gasteiger partial charge in [-0.3, -0.25) is 19.3 Å². The van der Waals surface area contributed by atoms with E-state index in [1.807, 2.05) is 35.2 Å². The van der Waals surface area contributed by atoms with Crippen LogP contribution in [0.5, 0.6) is 5.75 Å². The molecule has 9 heteroatoms. The minimum absolute atomic E-state index is 0.145. The van der Waals surface area contributed by atoms with E-state index in [0.717, 1.165) is 38.1 Å². The highest BCUT2D eigenvalue weighted by Gasteiger charge is 2.40. The Labute approximate surface area is 176 Å². The number of primary amides is 1. The predicted molar refractivity (Wildman–Crippen MR) is 110 cm³/mol. The van der Waals surface area contributed by atoms with Crippen molar-refractivity contribution in [2.75, 3.05) is 45.9 Å². The molecular formula is C21H31N3O6. The van der Waals surface area contributed by atoms with Gasteiger partial charge in [0.05, 0.1) is 31.8 Å². The van der Waals surface area contributed by atoms with Crippen LogP contribution in [0, 0.1) is 0 Å². The highest BCUT2D eigenvalue weighted by Crippen LogP contribution is 2.30. The lowest BCUT2D eigenvalue weighted by Gasteiger charge is -2.42. The number of benzene rings is 1. The molecule has 2 aliphatic rings. The lowest BCUT2D eigenvalue weighted by Crippen LogP contribution is -2.53. The van der Waals surface area contributed by atoms with Gasteiger partial charge in [0.1, 0.15) is 5.75 Å². The van der Waals surface area contributed by atoms with E-state index in [9.17, 15) is 9.59 Å². The van der Waals surface area contributed by atoms with Crippen LogP contribution in [0.4, 0.5) is 0 Å². The Morgan fingerprint density at radius 2 is 1.93 bits per heavy atom. The van der Waals surface area contributed by atoms with Gasteiger partial charge in [0.25, 0.3) is 6.47 Å². The first-order valence-corrected chi connectivity index (χ1v) is 10.2. The van der Waals surface area contributed by atoms with Gasteiger partial charge in [-0.1, -0.05) is 18.2 Å². The molecule has 30 heavy (non-hydrogen) atoms. The van der Waals surface area contributed by atoms with Gasteiger partial charge >= 0.3 is 0 Å². The molecule has 9 nitrogen and oxygen atoms in total. The number of rotatable bonds is 7. The summed E-state index contributed by atoms with van der Waals surface area (Å²) in [6, 6.07) is 9.70. The van der Waals surface area contributed by atoms with E-state index >= 15 is 0 Å². The minimum Gasteiger partial charge on any atom is -0.494 e. The van der Waals surface area contributed by atoms with Crippen molar-refractivity contribution in [1.82, 2.24) is 9.80 Å². The molecule has 0 atom stereocenters. The van der Waals surface area contributed by atoms with E-state index in [-0.39, 0.29) is 30.4 Å². The molecule has 0 aliphatic carbocycles. The normalized spacial score (nSPS) is 18.8. The molecule has 1 aromatic carbocycles. The van der Waals surface area contributed by atoms with Crippen molar-refractivity contribution in [3.8, 4) is 5.75 Å². The third-order valence-electron chi connectivity index (χ3n) is 5.29. The van der Waals surface area contributed by atoms with Crippen LogP contribution in [0.1, 0.15) is 25.7 Å². The molecule has 3 rings (SSSR count). The smallest absolute Gasteiger partial charge is 0.290 e. The average molecular weight is 421 g/mol. The van der Waals surface area contributed by atoms with E-state index in [0.29, 0.717) is 32.7 Å². The van der Waals surface area contributed by atoms with Gasteiger partial charge in [-0.05, 0) is 31.4 Å². The number of hydrogen-bond donors (Lipinski definition) is 2. The van der Waals surface area contributed by atoms with Crippen LogP contribution in [0.15, 0.2) is 30.3 Å². The molecule has 2 fully saturated rings. The summed E-state index contributed by atoms with van der Waals surface area (Å²) in [5.74, 6) is 0.690. The summed E-state index contributed by atoms with van der Waals surface area (Å²) in [6.07, 6.45) is 2.83. The van der Waals surface area contributed by atoms with E-state index in [1.54, 1.807) is 0 Å². The molecule has 1 spiro atoms. The van der Waals surface area contributed by atoms with Crippen molar-refractivity contribution in [3.63, 3.8) is 0 Å². The maximum absolute atomic E-state index is 12.4. The maximum Gasteiger partial charge on any atom is 0.290 e. The summed E-state index contributed by atoms with van der Waals surface area (Å²) in [7, 11) is 0. The number of carbonyl (C=O) groups is 3. The van der Waals surface area contributed by atoms with Gasteiger partial charge in [-0.15, -0.1) is 0 Å². The molecule has 166 valence electrons. The van der Waals surface area contributed by atoms with E-state index in [2.05, 4.69) is 4.90 Å². The minimum atomic E-state index is -0.305. The Hall–Kier alpha value is -2.65. The van der Waals surface area contributed by atoms with Crippen LogP contribution in [-0.2, 0) is 19.1 Å². The van der Waals surface area contributed by atoms with E-state index in [4.69, 9.17) is 25.1 Å². The molecule has 3 N–H and O–H groups in total. The molecule has 2 saturated heterocycles. The molecule has 0 aromatic heterocycles. The van der Waals surface area contributed by atoms with Crippen LogP contribution < -0.4 is 10.5 Å². The maximum atomic E-state index is 12.4. The van der Waals surface area contributed by atoms with Crippen LogP contribution in [0.2, 0.25) is 0 Å². The first-order chi connectivity index (χ1) is 14.5. The van der Waals surface area contributed by atoms with Crippen molar-refractivity contribution in [1.29, 1.82) is 0 Å². The summed E-state index contributed by atoms with van der Waals surface area (Å²) in [5.41, 5.74) is 4.99. The third-order valence-corrected chi connectivity index (χ3v) is 5.29. The number of hydrogen-bond acceptors (Lipinski definition) is 6. The lowest BCUT2D eigenvalue weighted by molar-refractivity contribution is -0.132. The van der Waals surface area contributed by atoms with Crippen molar-refractivity contribution in [3.05, 3.63) is 30.3 Å². The van der Waals surface area contributed by atoms with Crippen LogP contribution in [0.3, 0.4) is 0 Å². The van der Waals surface area contributed by atoms with Crippen molar-refractivity contribution in [2.45, 2.75) is 31.3 Å². The van der Waals surface area contributed by atoms with Gasteiger partial charge in [-0.25, -0.2) is 0 Å². The monoisotopic (exact) mass is 421 g/mol. The van der Waals surface area contributed by atoms with Gasteiger partial charge in [-0.2, -0.15) is 0 Å². The lowest BCUT2D eigenvalue weighted by atomic mass is 9.90. The number of piperidine rings is 1. The second kappa shape index (κ2) is 12.1. The fourth-order valence-corrected chi connectivity index (χ4v) is 3.80. The van der Waals surface area contributed by atoms with Crippen LogP contribution in [0.25, 0.3) is 0 Å². The molecule has 0 bridgehead atoms. The summed E-state index contributed by atoms with van der Waals surface area (Å²) in [4.78, 5) is 35.9. The third kappa shape index (κ3) is 7.64. The topological polar surface area (TPSA) is 122 Å². The SMILES string of the molecule is NC(=O)CN1CCC2(CC1)CN(CCCOc1ccccc1)C(=O)CCO2.O=CO. The second-order valence-electron chi connectivity index (χ2n) is 7.46. The Morgan fingerprint density at radius 1 is 1.27 bits per heavy atom. The first kappa shape index (κ1) is 23.6. The Morgan fingerprint density at radius 3 is 2.57 bits per heavy atom. The van der Waals surface area contributed by atoms with Crippen LogP contribution in [-0.4, -0.2) is 84.7 Å². The molecule has 0 unspecified atom stereocenters. The second-order valence-corrected chi connectivity index (χ2v) is 7.46. The zero-order valence-electron chi connectivity index (χ0n) is 17.2. The van der Waals surface area contributed by atoms with Gasteiger partial charge in [0, 0.05) is 26.2 Å². The standard InChI is InChI=1S/C20H29N3O4.CH2O2/c21-18(24)15-22-11-8-20(9-12-22)16-23(19(25)7-14-27-20)10-4-13-26-17-5-2-1-3-6-17;2-1-3/h1-3,5-6H,4,7-16H2,(H2,21,24);1H,(H,2,3). The summed E-state index contributed by atoms with van der Waals surface area (Å²) < 4.78 is 11.9. The fourth-order valence-electron chi connectivity index (χ4n) is 3.80. The summed E-state index contributed by atoms with van der Waals surface area (Å²) >= 11 is 0. The molecule has 0 radical (unpaired) electrons. The van der Waals surface area contributed by atoms with Gasteiger partial charge in [0.2, 0.25) is 11.8 Å². The van der Waals surface area contributed by atoms with Gasteiger partial charge < -0.3 is 25.2 Å². The zero-order chi connectivity index (χ0) is 21.8. The van der Waals surface area contributed by atoms with Crippen molar-refractivity contribution < 1.29 is 29.0 Å². The van der Waals surface area contributed by atoms with Crippen LogP contribution >= 0.6 is 0 Å². The number of likely N-dealkylation sites (tertiary alicyclic amines) is 1. The quantitative estimate of drug-likeness (QED) is 0.491. The highest BCUT2D eigenvalue weighted by molar-refractivity contribution is 5.76. The molecule has 2 heterocycles. The average Bonchev–Trinajstić information content (AvgIpc) is 2.87. The van der Waals surface area contributed by atoms with Gasteiger partial charge in [0.15, 0.2) is 0 Å². The number of carboxylic acid groups (broad SMARTS) is 1. The first-order valence-electron chi connectivity index (χ1n) is 10.2. The summed E-state index contributed by atoms with van der Waals surface area (Å²) in [6.45, 7) is 3.89. The number of amides is 2. The predicted octanol–water partition coefficient (Wildman–Crippen LogP) is 0.725. The number of para-hydroxylation sites is 1. The number of nitrogens with zero attached hydrogens (tertiary/aromatic N) is 2. The zero-order valence-corrected chi connectivity index (χ0v) is 17.2. The van der Waals surface area contributed by atoms with Crippen molar-refractivity contribution >= 4 is 18.3 Å². The molecular weight excluding hydrogens is 390 g/mol. The number of carbonyl (C=O) groups excluding carboxylic acids is 2. The van der Waals surface area contributed by atoms with E-state index in [1.165, 1.54) is 0 Å². The van der Waals surface area contributed by atoms with Crippen molar-refractivity contribution in [2.24, 2.45) is 5.73 Å². The molecule has 0 saturated carbocycles. The Balaban J connectivity index is 0.00000101.